The van der Waals surface area contributed by atoms with E-state index in [2.05, 4.69) is 31.4 Å². The predicted molar refractivity (Wildman–Crippen MR) is 48.2 cm³/mol. The van der Waals surface area contributed by atoms with Gasteiger partial charge in [0, 0.05) is 12.8 Å². The highest BCUT2D eigenvalue weighted by molar-refractivity contribution is 5.39. The average molecular weight is 204 g/mol. The Labute approximate surface area is 85.1 Å². The number of aromatic nitrogens is 5. The second kappa shape index (κ2) is 4.32. The Bertz CT molecular complexity index is 454. The number of rotatable bonds is 4. The van der Waals surface area contributed by atoms with Gasteiger partial charge in [-0.3, -0.25) is 5.10 Å². The molecule has 0 spiro atoms. The summed E-state index contributed by atoms with van der Waals surface area (Å²) in [6, 6.07) is 2.05. The van der Waals surface area contributed by atoms with E-state index >= 15 is 0 Å². The number of nitrogens with one attached hydrogen (secondary N) is 1. The molecule has 0 atom stereocenters. The smallest absolute Gasteiger partial charge is 0.239 e. The molecular formula is C8H8N6O. The first-order chi connectivity index (χ1) is 7.40. The van der Waals surface area contributed by atoms with Gasteiger partial charge < -0.3 is 4.52 Å². The Hall–Kier alpha value is -2.23. The normalized spacial score (nSPS) is 10.1. The standard InChI is InChI=1S/C8H8N6O/c9-4-2-1-3-6-12-8(14-15-6)7-10-5-11-13-7/h5H,1-3H2,(H,10,11,13). The monoisotopic (exact) mass is 204 g/mol. The zero-order valence-corrected chi connectivity index (χ0v) is 7.84. The zero-order chi connectivity index (χ0) is 10.5. The molecule has 0 unspecified atom stereocenters. The van der Waals surface area contributed by atoms with Crippen LogP contribution in [0.3, 0.4) is 0 Å². The van der Waals surface area contributed by atoms with E-state index in [1.165, 1.54) is 6.33 Å². The molecule has 76 valence electrons. The van der Waals surface area contributed by atoms with Gasteiger partial charge in [-0.05, 0) is 6.42 Å². The molecule has 0 saturated heterocycles. The number of H-pyrrole nitrogens is 1. The summed E-state index contributed by atoms with van der Waals surface area (Å²) in [5.74, 6) is 1.38. The quantitative estimate of drug-likeness (QED) is 0.735. The van der Waals surface area contributed by atoms with Crippen LogP contribution in [0, 0.1) is 11.3 Å². The van der Waals surface area contributed by atoms with Gasteiger partial charge >= 0.3 is 0 Å². The van der Waals surface area contributed by atoms with Crippen LogP contribution in [0.5, 0.6) is 0 Å². The first-order valence-electron chi connectivity index (χ1n) is 4.45. The van der Waals surface area contributed by atoms with Crippen molar-refractivity contribution in [2.75, 3.05) is 0 Å². The van der Waals surface area contributed by atoms with Crippen molar-refractivity contribution >= 4 is 0 Å². The molecule has 0 aliphatic rings. The maximum atomic E-state index is 8.36. The van der Waals surface area contributed by atoms with Crippen LogP contribution in [-0.4, -0.2) is 25.3 Å². The molecule has 0 fully saturated rings. The van der Waals surface area contributed by atoms with E-state index in [-0.39, 0.29) is 0 Å². The van der Waals surface area contributed by atoms with E-state index in [9.17, 15) is 0 Å². The molecule has 0 saturated carbocycles. The van der Waals surface area contributed by atoms with E-state index in [0.717, 1.165) is 0 Å². The summed E-state index contributed by atoms with van der Waals surface area (Å²) in [5, 5.41) is 18.4. The Balaban J connectivity index is 2.02. The number of unbranched alkanes of at least 4 members (excludes halogenated alkanes) is 1. The largest absolute Gasteiger partial charge is 0.339 e. The van der Waals surface area contributed by atoms with E-state index in [1.807, 2.05) is 0 Å². The lowest BCUT2D eigenvalue weighted by Crippen LogP contribution is -1.86. The lowest BCUT2D eigenvalue weighted by atomic mass is 10.2. The van der Waals surface area contributed by atoms with Crippen LogP contribution in [0.4, 0.5) is 0 Å². The van der Waals surface area contributed by atoms with Crippen molar-refractivity contribution in [3.63, 3.8) is 0 Å². The third-order valence-corrected chi connectivity index (χ3v) is 1.77. The first-order valence-corrected chi connectivity index (χ1v) is 4.45. The van der Waals surface area contributed by atoms with Gasteiger partial charge in [-0.1, -0.05) is 5.16 Å². The Kier molecular flexibility index (Phi) is 2.69. The zero-order valence-electron chi connectivity index (χ0n) is 7.84. The second-order valence-electron chi connectivity index (χ2n) is 2.86. The summed E-state index contributed by atoms with van der Waals surface area (Å²) in [4.78, 5) is 8.00. The van der Waals surface area contributed by atoms with Gasteiger partial charge in [-0.25, -0.2) is 4.98 Å². The SMILES string of the molecule is N#CCCCc1nc(-c2ncn[nH]2)no1. The van der Waals surface area contributed by atoms with Crippen molar-refractivity contribution in [1.29, 1.82) is 5.26 Å². The van der Waals surface area contributed by atoms with Crippen molar-refractivity contribution in [1.82, 2.24) is 25.3 Å². The van der Waals surface area contributed by atoms with Crippen molar-refractivity contribution < 1.29 is 4.52 Å². The van der Waals surface area contributed by atoms with Gasteiger partial charge in [-0.2, -0.15) is 15.3 Å². The van der Waals surface area contributed by atoms with Crippen molar-refractivity contribution in [3.05, 3.63) is 12.2 Å². The molecule has 0 radical (unpaired) electrons. The van der Waals surface area contributed by atoms with E-state index in [1.54, 1.807) is 0 Å². The highest BCUT2D eigenvalue weighted by atomic mass is 16.5. The summed E-state index contributed by atoms with van der Waals surface area (Å²) in [7, 11) is 0. The average Bonchev–Trinajstić information content (AvgIpc) is 2.87. The van der Waals surface area contributed by atoms with E-state index in [4.69, 9.17) is 9.78 Å². The van der Waals surface area contributed by atoms with Crippen molar-refractivity contribution in [2.24, 2.45) is 0 Å². The molecule has 0 bridgehead atoms. The molecule has 15 heavy (non-hydrogen) atoms. The summed E-state index contributed by atoms with van der Waals surface area (Å²) >= 11 is 0. The minimum Gasteiger partial charge on any atom is -0.339 e. The molecule has 1 N–H and O–H groups in total. The van der Waals surface area contributed by atoms with Gasteiger partial charge in [0.2, 0.25) is 11.7 Å². The molecule has 2 aromatic rings. The van der Waals surface area contributed by atoms with Crippen LogP contribution in [0.1, 0.15) is 18.7 Å². The molecule has 2 rings (SSSR count). The third-order valence-electron chi connectivity index (χ3n) is 1.77. The molecular weight excluding hydrogens is 196 g/mol. The van der Waals surface area contributed by atoms with Gasteiger partial charge in [0.15, 0.2) is 5.82 Å². The molecule has 2 heterocycles. The highest BCUT2D eigenvalue weighted by Crippen LogP contribution is 2.10. The summed E-state index contributed by atoms with van der Waals surface area (Å²) < 4.78 is 4.98. The van der Waals surface area contributed by atoms with Gasteiger partial charge in [-0.15, -0.1) is 0 Å². The highest BCUT2D eigenvalue weighted by Gasteiger charge is 2.09. The van der Waals surface area contributed by atoms with Crippen LogP contribution in [-0.2, 0) is 6.42 Å². The molecule has 0 aromatic carbocycles. The number of hydrogen-bond acceptors (Lipinski definition) is 6. The van der Waals surface area contributed by atoms with Crippen LogP contribution in [0.25, 0.3) is 11.6 Å². The Morgan fingerprint density at radius 2 is 2.47 bits per heavy atom. The molecule has 2 aromatic heterocycles. The molecule has 7 nitrogen and oxygen atoms in total. The number of hydrogen-bond donors (Lipinski definition) is 1. The summed E-state index contributed by atoms with van der Waals surface area (Å²) in [6.45, 7) is 0. The topological polar surface area (TPSA) is 104 Å². The lowest BCUT2D eigenvalue weighted by Gasteiger charge is -1.86. The van der Waals surface area contributed by atoms with E-state index in [0.29, 0.717) is 36.8 Å². The maximum absolute atomic E-state index is 8.36. The Morgan fingerprint density at radius 1 is 1.53 bits per heavy atom. The van der Waals surface area contributed by atoms with E-state index < -0.39 is 0 Å². The predicted octanol–water partition coefficient (Wildman–Crippen LogP) is 0.701. The van der Waals surface area contributed by atoms with Crippen molar-refractivity contribution in [3.8, 4) is 17.7 Å². The summed E-state index contributed by atoms with van der Waals surface area (Å²) in [6.07, 6.45) is 3.18. The maximum Gasteiger partial charge on any atom is 0.239 e. The van der Waals surface area contributed by atoms with Gasteiger partial charge in [0.25, 0.3) is 0 Å². The summed E-state index contributed by atoms with van der Waals surface area (Å²) in [5.41, 5.74) is 0. The number of nitrogens with zero attached hydrogens (tertiary/aromatic N) is 5. The van der Waals surface area contributed by atoms with Crippen LogP contribution in [0.15, 0.2) is 10.9 Å². The second-order valence-corrected chi connectivity index (χ2v) is 2.86. The molecule has 7 heteroatoms. The third kappa shape index (κ3) is 2.17. The van der Waals surface area contributed by atoms with Gasteiger partial charge in [0.1, 0.15) is 6.33 Å². The molecule has 0 aliphatic heterocycles. The molecule has 0 amide bonds. The van der Waals surface area contributed by atoms with Gasteiger partial charge in [0.05, 0.1) is 6.07 Å². The van der Waals surface area contributed by atoms with Crippen molar-refractivity contribution in [2.45, 2.75) is 19.3 Å². The lowest BCUT2D eigenvalue weighted by molar-refractivity contribution is 0.376. The fraction of sp³-hybridized carbons (Fsp3) is 0.375. The van der Waals surface area contributed by atoms with Crippen LogP contribution in [0.2, 0.25) is 0 Å². The fourth-order valence-corrected chi connectivity index (χ4v) is 1.08. The number of nitriles is 1. The Morgan fingerprint density at radius 3 is 3.20 bits per heavy atom. The molecule has 0 aliphatic carbocycles. The van der Waals surface area contributed by atoms with Crippen LogP contribution < -0.4 is 0 Å². The fourth-order valence-electron chi connectivity index (χ4n) is 1.08. The minimum atomic E-state index is 0.388. The first kappa shape index (κ1) is 9.33. The number of aryl methyl sites for hydroxylation is 1. The van der Waals surface area contributed by atoms with Crippen LogP contribution >= 0.6 is 0 Å². The minimum absolute atomic E-state index is 0.388. The number of aromatic amines is 1.